The molecular formula is C13H25NO3S. The summed E-state index contributed by atoms with van der Waals surface area (Å²) in [5, 5.41) is 2.67. The highest BCUT2D eigenvalue weighted by molar-refractivity contribution is 8.13. The molecule has 0 saturated carbocycles. The average Bonchev–Trinajstić information content (AvgIpc) is 2.29. The van der Waals surface area contributed by atoms with Crippen LogP contribution in [0.4, 0.5) is 4.79 Å². The Morgan fingerprint density at radius 1 is 1.22 bits per heavy atom. The summed E-state index contributed by atoms with van der Waals surface area (Å²) in [7, 11) is 0. The second-order valence-electron chi connectivity index (χ2n) is 4.92. The molecule has 0 radical (unpaired) electrons. The summed E-state index contributed by atoms with van der Waals surface area (Å²) in [5.41, 5.74) is 0. The lowest BCUT2D eigenvalue weighted by Crippen LogP contribution is -2.25. The molecule has 0 aromatic heterocycles. The summed E-state index contributed by atoms with van der Waals surface area (Å²) in [6, 6.07) is 0. The van der Waals surface area contributed by atoms with Gasteiger partial charge in [-0.05, 0) is 12.3 Å². The van der Waals surface area contributed by atoms with Gasteiger partial charge in [0.05, 0.1) is 12.5 Å². The highest BCUT2D eigenvalue weighted by Gasteiger charge is 2.08. The number of rotatable bonds is 8. The predicted molar refractivity (Wildman–Crippen MR) is 75.7 cm³/mol. The third-order valence-electron chi connectivity index (χ3n) is 2.25. The molecule has 1 amide bonds. The Labute approximate surface area is 114 Å². The van der Waals surface area contributed by atoms with Crippen LogP contribution in [0.2, 0.25) is 0 Å². The number of amides is 1. The minimum absolute atomic E-state index is 0.0423. The van der Waals surface area contributed by atoms with Gasteiger partial charge in [-0.1, -0.05) is 45.9 Å². The molecular weight excluding hydrogens is 250 g/mol. The fourth-order valence-electron chi connectivity index (χ4n) is 1.18. The second-order valence-corrected chi connectivity index (χ2v) is 5.99. The highest BCUT2D eigenvalue weighted by Crippen LogP contribution is 2.10. The number of carbonyl (C=O) groups is 2. The van der Waals surface area contributed by atoms with Crippen molar-refractivity contribution >= 4 is 23.0 Å². The molecule has 1 N–H and O–H groups in total. The maximum Gasteiger partial charge on any atom is 0.308 e. The van der Waals surface area contributed by atoms with E-state index in [1.807, 2.05) is 0 Å². The normalized spacial score (nSPS) is 10.8. The summed E-state index contributed by atoms with van der Waals surface area (Å²) in [5.74, 6) is 1.18. The summed E-state index contributed by atoms with van der Waals surface area (Å²) in [6.07, 6.45) is 2.20. The Hall–Kier alpha value is -0.710. The Kier molecular flexibility index (Phi) is 9.83. The van der Waals surface area contributed by atoms with E-state index in [1.54, 1.807) is 13.8 Å². The highest BCUT2D eigenvalue weighted by atomic mass is 32.2. The molecule has 0 aliphatic carbocycles. The van der Waals surface area contributed by atoms with Crippen LogP contribution in [0.25, 0.3) is 0 Å². The number of esters is 1. The number of hydrogen-bond donors (Lipinski definition) is 1. The first-order valence-electron chi connectivity index (χ1n) is 6.50. The molecule has 5 heteroatoms. The average molecular weight is 275 g/mol. The van der Waals surface area contributed by atoms with E-state index in [2.05, 4.69) is 19.2 Å². The van der Waals surface area contributed by atoms with Crippen LogP contribution in [0.3, 0.4) is 0 Å². The van der Waals surface area contributed by atoms with Gasteiger partial charge in [0.15, 0.2) is 0 Å². The van der Waals surface area contributed by atoms with Gasteiger partial charge in [0.2, 0.25) is 0 Å². The smallest absolute Gasteiger partial charge is 0.308 e. The van der Waals surface area contributed by atoms with E-state index in [4.69, 9.17) is 4.74 Å². The third-order valence-corrected chi connectivity index (χ3v) is 3.15. The first-order chi connectivity index (χ1) is 8.43. The van der Waals surface area contributed by atoms with E-state index in [1.165, 1.54) is 11.8 Å². The van der Waals surface area contributed by atoms with Gasteiger partial charge in [0.1, 0.15) is 6.61 Å². The monoisotopic (exact) mass is 275 g/mol. The summed E-state index contributed by atoms with van der Waals surface area (Å²) in [4.78, 5) is 22.5. The molecule has 0 fully saturated rings. The van der Waals surface area contributed by atoms with E-state index < -0.39 is 0 Å². The zero-order valence-electron chi connectivity index (χ0n) is 11.8. The van der Waals surface area contributed by atoms with Crippen molar-refractivity contribution in [2.75, 3.05) is 18.9 Å². The molecule has 0 aromatic carbocycles. The van der Waals surface area contributed by atoms with Crippen LogP contribution in [-0.4, -0.2) is 30.1 Å². The molecule has 0 bridgehead atoms. The van der Waals surface area contributed by atoms with E-state index in [-0.39, 0.29) is 23.7 Å². The van der Waals surface area contributed by atoms with Gasteiger partial charge >= 0.3 is 5.97 Å². The van der Waals surface area contributed by atoms with Crippen molar-refractivity contribution in [1.82, 2.24) is 5.32 Å². The predicted octanol–water partition coefficient (Wildman–Crippen LogP) is 3.06. The lowest BCUT2D eigenvalue weighted by molar-refractivity contribution is -0.147. The molecule has 0 heterocycles. The number of ether oxygens (including phenoxy) is 1. The Bertz CT molecular complexity index is 255. The number of hydrogen-bond acceptors (Lipinski definition) is 4. The molecule has 4 nitrogen and oxygen atoms in total. The van der Waals surface area contributed by atoms with E-state index in [0.29, 0.717) is 12.5 Å². The van der Waals surface area contributed by atoms with E-state index in [0.717, 1.165) is 18.6 Å². The molecule has 0 aliphatic rings. The van der Waals surface area contributed by atoms with Crippen molar-refractivity contribution in [3.8, 4) is 0 Å². The quantitative estimate of drug-likeness (QED) is 0.546. The first-order valence-corrected chi connectivity index (χ1v) is 7.49. The summed E-state index contributed by atoms with van der Waals surface area (Å²) >= 11 is 1.29. The molecule has 0 rings (SSSR count). The molecule has 0 aromatic rings. The van der Waals surface area contributed by atoms with Gasteiger partial charge in [-0.3, -0.25) is 9.59 Å². The van der Waals surface area contributed by atoms with Crippen molar-refractivity contribution in [2.24, 2.45) is 11.8 Å². The lowest BCUT2D eigenvalue weighted by atomic mass is 10.1. The number of thioether (sulfide) groups is 1. The van der Waals surface area contributed by atoms with Crippen LogP contribution in [0.5, 0.6) is 0 Å². The molecule has 18 heavy (non-hydrogen) atoms. The molecule has 0 saturated heterocycles. The third kappa shape index (κ3) is 10.4. The van der Waals surface area contributed by atoms with Crippen LogP contribution in [0, 0.1) is 11.8 Å². The van der Waals surface area contributed by atoms with Gasteiger partial charge in [-0.15, -0.1) is 0 Å². The Balaban J connectivity index is 3.40. The fourth-order valence-corrected chi connectivity index (χ4v) is 1.88. The van der Waals surface area contributed by atoms with E-state index >= 15 is 0 Å². The number of carbonyl (C=O) groups excluding carboxylic acids is 2. The van der Waals surface area contributed by atoms with Crippen LogP contribution in [0.1, 0.15) is 40.5 Å². The van der Waals surface area contributed by atoms with Crippen LogP contribution in [0.15, 0.2) is 0 Å². The van der Waals surface area contributed by atoms with Crippen molar-refractivity contribution in [2.45, 2.75) is 40.5 Å². The van der Waals surface area contributed by atoms with Crippen molar-refractivity contribution in [3.63, 3.8) is 0 Å². The van der Waals surface area contributed by atoms with Gasteiger partial charge in [-0.25, -0.2) is 0 Å². The van der Waals surface area contributed by atoms with Crippen LogP contribution >= 0.6 is 11.8 Å². The first kappa shape index (κ1) is 17.3. The van der Waals surface area contributed by atoms with E-state index in [9.17, 15) is 9.59 Å². The maximum atomic E-state index is 11.4. The summed E-state index contributed by atoms with van der Waals surface area (Å²) in [6.45, 7) is 8.54. The molecule has 106 valence electrons. The maximum absolute atomic E-state index is 11.4. The summed E-state index contributed by atoms with van der Waals surface area (Å²) < 4.78 is 4.95. The minimum atomic E-state index is -0.228. The van der Waals surface area contributed by atoms with Crippen molar-refractivity contribution in [3.05, 3.63) is 0 Å². The fraction of sp³-hybridized carbons (Fsp3) is 0.846. The van der Waals surface area contributed by atoms with Gasteiger partial charge in [0, 0.05) is 5.75 Å². The van der Waals surface area contributed by atoms with Crippen molar-refractivity contribution < 1.29 is 14.3 Å². The Morgan fingerprint density at radius 2 is 1.89 bits per heavy atom. The van der Waals surface area contributed by atoms with Crippen LogP contribution < -0.4 is 5.32 Å². The SMILES string of the molecule is CC(C)CCCSC(=O)NCCOC(=O)C(C)C. The Morgan fingerprint density at radius 3 is 2.44 bits per heavy atom. The van der Waals surface area contributed by atoms with Crippen molar-refractivity contribution in [1.29, 1.82) is 0 Å². The largest absolute Gasteiger partial charge is 0.464 e. The topological polar surface area (TPSA) is 55.4 Å². The van der Waals surface area contributed by atoms with Gasteiger partial charge in [0.25, 0.3) is 5.24 Å². The molecule has 0 spiro atoms. The standard InChI is InChI=1S/C13H25NO3S/c1-10(2)6-5-9-18-13(16)14-7-8-17-12(15)11(3)4/h10-11H,5-9H2,1-4H3,(H,14,16). The van der Waals surface area contributed by atoms with Crippen LogP contribution in [-0.2, 0) is 9.53 Å². The minimum Gasteiger partial charge on any atom is -0.464 e. The van der Waals surface area contributed by atoms with Gasteiger partial charge in [-0.2, -0.15) is 0 Å². The molecule has 0 aliphatic heterocycles. The lowest BCUT2D eigenvalue weighted by Gasteiger charge is -2.08. The second kappa shape index (κ2) is 10.2. The zero-order valence-corrected chi connectivity index (χ0v) is 12.6. The zero-order chi connectivity index (χ0) is 14.0. The molecule has 0 unspecified atom stereocenters. The number of nitrogens with one attached hydrogen (secondary N) is 1. The van der Waals surface area contributed by atoms with Gasteiger partial charge < -0.3 is 10.1 Å². The molecule has 0 atom stereocenters.